The zero-order valence-corrected chi connectivity index (χ0v) is 14.4. The smallest absolute Gasteiger partial charge is 0.258 e. The third-order valence-electron chi connectivity index (χ3n) is 3.55. The molecule has 2 rings (SSSR count). The summed E-state index contributed by atoms with van der Waals surface area (Å²) in [5.74, 6) is -0.0213. The molecule has 6 heteroatoms. The van der Waals surface area contributed by atoms with Gasteiger partial charge < -0.3 is 15.4 Å². The molecule has 0 fully saturated rings. The molecule has 0 spiro atoms. The van der Waals surface area contributed by atoms with Crippen LogP contribution in [0.1, 0.15) is 19.5 Å². The van der Waals surface area contributed by atoms with Gasteiger partial charge in [0.2, 0.25) is 5.91 Å². The number of carbonyl (C=O) groups excluding carboxylic acids is 2. The molecule has 132 valence electrons. The van der Waals surface area contributed by atoms with Gasteiger partial charge in [-0.2, -0.15) is 0 Å². The van der Waals surface area contributed by atoms with Crippen molar-refractivity contribution < 1.29 is 14.3 Å². The van der Waals surface area contributed by atoms with Crippen LogP contribution >= 0.6 is 0 Å². The van der Waals surface area contributed by atoms with E-state index in [1.54, 1.807) is 18.3 Å². The van der Waals surface area contributed by atoms with Crippen LogP contribution in [0.4, 0.5) is 0 Å². The molecule has 6 nitrogen and oxygen atoms in total. The number of rotatable bonds is 8. The Bertz CT molecular complexity index is 675. The first kappa shape index (κ1) is 18.4. The van der Waals surface area contributed by atoms with Gasteiger partial charge in [0.1, 0.15) is 11.8 Å². The number of para-hydroxylation sites is 1. The molecule has 2 aromatic rings. The summed E-state index contributed by atoms with van der Waals surface area (Å²) in [6.45, 7) is 3.94. The predicted molar refractivity (Wildman–Crippen MR) is 94.8 cm³/mol. The lowest BCUT2D eigenvalue weighted by Gasteiger charge is -2.21. The number of hydrogen-bond acceptors (Lipinski definition) is 4. The summed E-state index contributed by atoms with van der Waals surface area (Å²) in [4.78, 5) is 28.6. The minimum atomic E-state index is -0.629. The Kier molecular flexibility index (Phi) is 6.95. The van der Waals surface area contributed by atoms with E-state index < -0.39 is 6.04 Å². The molecule has 0 saturated heterocycles. The predicted octanol–water partition coefficient (Wildman–Crippen LogP) is 1.92. The number of benzene rings is 1. The fourth-order valence-corrected chi connectivity index (χ4v) is 2.21. The molecule has 2 amide bonds. The Balaban J connectivity index is 1.84. The van der Waals surface area contributed by atoms with Gasteiger partial charge in [-0.15, -0.1) is 0 Å². The van der Waals surface area contributed by atoms with Crippen LogP contribution in [0.5, 0.6) is 5.75 Å². The van der Waals surface area contributed by atoms with Crippen molar-refractivity contribution >= 4 is 11.8 Å². The molecule has 0 bridgehead atoms. The average molecular weight is 341 g/mol. The highest BCUT2D eigenvalue weighted by atomic mass is 16.5. The lowest BCUT2D eigenvalue weighted by atomic mass is 10.0. The molecule has 0 radical (unpaired) electrons. The van der Waals surface area contributed by atoms with Crippen molar-refractivity contribution in [3.8, 4) is 5.75 Å². The Morgan fingerprint density at radius 3 is 2.44 bits per heavy atom. The summed E-state index contributed by atoms with van der Waals surface area (Å²) >= 11 is 0. The number of amides is 2. The average Bonchev–Trinajstić information content (AvgIpc) is 2.64. The van der Waals surface area contributed by atoms with Crippen LogP contribution in [-0.2, 0) is 16.1 Å². The second-order valence-electron chi connectivity index (χ2n) is 5.93. The van der Waals surface area contributed by atoms with Crippen molar-refractivity contribution in [2.75, 3.05) is 6.61 Å². The van der Waals surface area contributed by atoms with E-state index in [1.165, 1.54) is 0 Å². The van der Waals surface area contributed by atoms with E-state index in [0.29, 0.717) is 12.3 Å². The fourth-order valence-electron chi connectivity index (χ4n) is 2.21. The molecule has 2 N–H and O–H groups in total. The fraction of sp³-hybridized carbons (Fsp3) is 0.316. The van der Waals surface area contributed by atoms with Gasteiger partial charge in [0.25, 0.3) is 5.91 Å². The lowest BCUT2D eigenvalue weighted by Crippen LogP contribution is -2.50. The highest BCUT2D eigenvalue weighted by molar-refractivity contribution is 5.88. The van der Waals surface area contributed by atoms with E-state index in [2.05, 4.69) is 15.6 Å². The highest BCUT2D eigenvalue weighted by Gasteiger charge is 2.24. The molecular weight excluding hydrogens is 318 g/mol. The first-order valence-electron chi connectivity index (χ1n) is 8.21. The van der Waals surface area contributed by atoms with Crippen LogP contribution in [0.2, 0.25) is 0 Å². The molecule has 0 saturated carbocycles. The van der Waals surface area contributed by atoms with Crippen LogP contribution < -0.4 is 15.4 Å². The van der Waals surface area contributed by atoms with E-state index in [4.69, 9.17) is 4.74 Å². The molecule has 25 heavy (non-hydrogen) atoms. The van der Waals surface area contributed by atoms with Gasteiger partial charge in [-0.3, -0.25) is 14.6 Å². The van der Waals surface area contributed by atoms with Gasteiger partial charge in [-0.05, 0) is 30.2 Å². The van der Waals surface area contributed by atoms with Crippen LogP contribution in [0.3, 0.4) is 0 Å². The molecule has 1 aromatic heterocycles. The van der Waals surface area contributed by atoms with Crippen LogP contribution in [0, 0.1) is 5.92 Å². The quantitative estimate of drug-likeness (QED) is 0.769. The zero-order chi connectivity index (χ0) is 18.1. The van der Waals surface area contributed by atoms with Crippen molar-refractivity contribution in [1.29, 1.82) is 0 Å². The first-order chi connectivity index (χ1) is 12.1. The topological polar surface area (TPSA) is 80.3 Å². The molecule has 1 aromatic carbocycles. The summed E-state index contributed by atoms with van der Waals surface area (Å²) in [6.07, 6.45) is 1.67. The van der Waals surface area contributed by atoms with E-state index in [1.807, 2.05) is 50.2 Å². The van der Waals surface area contributed by atoms with Gasteiger partial charge >= 0.3 is 0 Å². The van der Waals surface area contributed by atoms with Crippen molar-refractivity contribution in [3.63, 3.8) is 0 Å². The monoisotopic (exact) mass is 341 g/mol. The third-order valence-corrected chi connectivity index (χ3v) is 3.55. The minimum absolute atomic E-state index is 0.0515. The second-order valence-corrected chi connectivity index (χ2v) is 5.93. The maximum atomic E-state index is 12.4. The van der Waals surface area contributed by atoms with Gasteiger partial charge in [0.15, 0.2) is 6.61 Å². The van der Waals surface area contributed by atoms with Crippen LogP contribution in [0.25, 0.3) is 0 Å². The first-order valence-corrected chi connectivity index (χ1v) is 8.21. The van der Waals surface area contributed by atoms with Crippen molar-refractivity contribution in [2.24, 2.45) is 5.92 Å². The number of nitrogens with one attached hydrogen (secondary N) is 2. The van der Waals surface area contributed by atoms with Crippen molar-refractivity contribution in [3.05, 3.63) is 60.4 Å². The minimum Gasteiger partial charge on any atom is -0.484 e. The third kappa shape index (κ3) is 6.25. The molecule has 0 aliphatic rings. The summed E-state index contributed by atoms with van der Waals surface area (Å²) < 4.78 is 5.40. The summed E-state index contributed by atoms with van der Waals surface area (Å²) in [5.41, 5.74) is 0.761. The van der Waals surface area contributed by atoms with Crippen LogP contribution in [-0.4, -0.2) is 29.4 Å². The molecule has 1 heterocycles. The Morgan fingerprint density at radius 2 is 1.80 bits per heavy atom. The molecule has 0 aliphatic carbocycles. The number of aromatic nitrogens is 1. The lowest BCUT2D eigenvalue weighted by molar-refractivity contribution is -0.131. The van der Waals surface area contributed by atoms with Gasteiger partial charge in [-0.25, -0.2) is 0 Å². The summed E-state index contributed by atoms with van der Waals surface area (Å²) in [6, 6.07) is 13.9. The Morgan fingerprint density at radius 1 is 1.08 bits per heavy atom. The number of carbonyl (C=O) groups is 2. The zero-order valence-electron chi connectivity index (χ0n) is 14.4. The number of hydrogen-bond donors (Lipinski definition) is 2. The van der Waals surface area contributed by atoms with Crippen LogP contribution in [0.15, 0.2) is 54.7 Å². The van der Waals surface area contributed by atoms with Gasteiger partial charge in [-0.1, -0.05) is 38.1 Å². The van der Waals surface area contributed by atoms with Gasteiger partial charge in [0.05, 0.1) is 12.2 Å². The number of nitrogens with zero attached hydrogens (tertiary/aromatic N) is 1. The largest absolute Gasteiger partial charge is 0.484 e. The van der Waals surface area contributed by atoms with Gasteiger partial charge in [0, 0.05) is 6.20 Å². The number of ether oxygens (including phenoxy) is 1. The maximum absolute atomic E-state index is 12.4. The Labute approximate surface area is 147 Å². The highest BCUT2D eigenvalue weighted by Crippen LogP contribution is 2.08. The molecule has 1 atom stereocenters. The van der Waals surface area contributed by atoms with E-state index in [-0.39, 0.29) is 24.3 Å². The van der Waals surface area contributed by atoms with E-state index >= 15 is 0 Å². The Hall–Kier alpha value is -2.89. The normalized spacial score (nSPS) is 11.6. The molecule has 0 aliphatic heterocycles. The van der Waals surface area contributed by atoms with Crippen molar-refractivity contribution in [2.45, 2.75) is 26.4 Å². The maximum Gasteiger partial charge on any atom is 0.258 e. The SMILES string of the molecule is CC(C)[C@H](NC(=O)COc1ccccc1)C(=O)NCc1ccccn1. The number of pyridine rings is 1. The summed E-state index contributed by atoms with van der Waals surface area (Å²) in [7, 11) is 0. The molecule has 0 unspecified atom stereocenters. The van der Waals surface area contributed by atoms with E-state index in [0.717, 1.165) is 5.69 Å². The standard InChI is InChI=1S/C19H23N3O3/c1-14(2)18(19(24)21-12-15-8-6-7-11-20-15)22-17(23)13-25-16-9-4-3-5-10-16/h3-11,14,18H,12-13H2,1-2H3,(H,21,24)(H,22,23)/t18-/m0/s1. The van der Waals surface area contributed by atoms with E-state index in [9.17, 15) is 9.59 Å². The second kappa shape index (κ2) is 9.42. The molecular formula is C19H23N3O3. The summed E-state index contributed by atoms with van der Waals surface area (Å²) in [5, 5.41) is 5.53. The van der Waals surface area contributed by atoms with Crippen molar-refractivity contribution in [1.82, 2.24) is 15.6 Å².